The molecule has 0 aromatic carbocycles. The monoisotopic (exact) mass is 889 g/mol. The highest BCUT2D eigenvalue weighted by Crippen LogP contribution is 2.19. The Morgan fingerprint density at radius 1 is 0.656 bits per heavy atom. The van der Waals surface area contributed by atoms with Crippen LogP contribution in [0.15, 0.2) is 0 Å². The molecule has 1 rings (SSSR count). The summed E-state index contributed by atoms with van der Waals surface area (Å²) in [6.45, 7) is 4.68. The molecule has 61 heavy (non-hydrogen) atoms. The molecule has 344 valence electrons. The van der Waals surface area contributed by atoms with E-state index in [1.54, 1.807) is 0 Å². The fourth-order valence-electron chi connectivity index (χ4n) is 6.09. The molecule has 1 fully saturated rings. The van der Waals surface area contributed by atoms with Gasteiger partial charge in [-0.05, 0) is 64.3 Å². The summed E-state index contributed by atoms with van der Waals surface area (Å²) < 4.78 is 0. The van der Waals surface area contributed by atoms with Crippen LogP contribution in [0.5, 0.6) is 0 Å². The molecule has 8 atom stereocenters. The zero-order chi connectivity index (χ0) is 46.6. The van der Waals surface area contributed by atoms with Crippen molar-refractivity contribution in [2.45, 2.75) is 133 Å². The fraction of sp³-hybridized carbons (Fsp3) is 0.694. The summed E-state index contributed by atoms with van der Waals surface area (Å²) in [5, 5.41) is 51.5. The minimum Gasteiger partial charge on any atom is -0.481 e. The van der Waals surface area contributed by atoms with Gasteiger partial charge in [0.2, 0.25) is 41.4 Å². The number of carboxylic acids is 4. The third-order valence-electron chi connectivity index (χ3n) is 9.48. The molecule has 0 saturated carbocycles. The summed E-state index contributed by atoms with van der Waals surface area (Å²) >= 11 is 3.88. The third-order valence-corrected chi connectivity index (χ3v) is 9.87. The van der Waals surface area contributed by atoms with Gasteiger partial charge in [-0.3, -0.25) is 47.9 Å². The van der Waals surface area contributed by atoms with Crippen LogP contribution < -0.4 is 43.4 Å². The van der Waals surface area contributed by atoms with Crippen molar-refractivity contribution >= 4 is 77.9 Å². The molecule has 0 spiro atoms. The molecule has 14 N–H and O–H groups in total. The summed E-state index contributed by atoms with van der Waals surface area (Å²) in [6, 6.07) is -11.4. The van der Waals surface area contributed by atoms with Crippen molar-refractivity contribution in [3.8, 4) is 0 Å². The fourth-order valence-corrected chi connectivity index (χ4v) is 6.25. The number of carboxylic acid groups (broad SMARTS) is 4. The Balaban J connectivity index is 3.23. The summed E-state index contributed by atoms with van der Waals surface area (Å²) in [7, 11) is 0. The number of carbonyl (C=O) groups excluding carboxylic acids is 7. The van der Waals surface area contributed by atoms with E-state index in [2.05, 4.69) is 44.5 Å². The number of nitrogens with two attached hydrogens (primary N) is 2. The van der Waals surface area contributed by atoms with E-state index in [1.165, 1.54) is 25.7 Å². The van der Waals surface area contributed by atoms with Gasteiger partial charge in [0.25, 0.3) is 0 Å². The van der Waals surface area contributed by atoms with Gasteiger partial charge in [-0.25, -0.2) is 4.79 Å². The molecule has 1 saturated heterocycles. The molecule has 1 heterocycles. The van der Waals surface area contributed by atoms with Gasteiger partial charge >= 0.3 is 23.9 Å². The molecular weight excluding hydrogens is 831 g/mol. The van der Waals surface area contributed by atoms with Crippen LogP contribution in [0.2, 0.25) is 0 Å². The van der Waals surface area contributed by atoms with E-state index in [1.807, 2.05) is 0 Å². The van der Waals surface area contributed by atoms with Gasteiger partial charge in [-0.15, -0.1) is 0 Å². The number of unbranched alkanes of at least 4 members (excludes halogenated alkanes) is 1. The minimum atomic E-state index is -1.77. The standard InChI is InChI=1S/C36H59N9O15S/c1-17(2)28(44-31(54)21(10-12-26(48)49)40-32(55)23(15-27(50)51)43-29(52)19(38)16-61)34(57)41-20(9-11-25(46)47)30(53)39-18(3)35(58)45-14-6-8-24(45)33(56)42-22(36(59)60)7-4-5-13-37/h17-24,28,61H,4-16,37-38H2,1-3H3,(H,39,53)(H,40,55)(H,41,57)(H,42,56)(H,43,52)(H,44,54)(H,46,47)(H,48,49)(H,50,51)(H,59,60)/t18-,19-,20-,21-,22-,23-,24-,28-/m0/s1. The molecule has 0 aliphatic carbocycles. The topological polar surface area (TPSA) is 396 Å². The second-order valence-electron chi connectivity index (χ2n) is 14.8. The van der Waals surface area contributed by atoms with Crippen molar-refractivity contribution in [1.29, 1.82) is 0 Å². The highest BCUT2D eigenvalue weighted by Gasteiger charge is 2.39. The Morgan fingerprint density at radius 3 is 1.67 bits per heavy atom. The summed E-state index contributed by atoms with van der Waals surface area (Å²) in [4.78, 5) is 140. The molecule has 0 unspecified atom stereocenters. The van der Waals surface area contributed by atoms with Crippen LogP contribution in [0.25, 0.3) is 0 Å². The smallest absolute Gasteiger partial charge is 0.326 e. The van der Waals surface area contributed by atoms with Crippen molar-refractivity contribution in [3.63, 3.8) is 0 Å². The molecule has 0 aromatic heterocycles. The summed E-state index contributed by atoms with van der Waals surface area (Å²) in [5.74, 6) is -13.2. The van der Waals surface area contributed by atoms with E-state index >= 15 is 0 Å². The Kier molecular flexibility index (Phi) is 23.3. The number of nitrogens with one attached hydrogen (secondary N) is 6. The maximum Gasteiger partial charge on any atom is 0.326 e. The molecule has 24 nitrogen and oxygen atoms in total. The van der Waals surface area contributed by atoms with Gasteiger partial charge in [0, 0.05) is 25.1 Å². The molecule has 1 aliphatic heterocycles. The second kappa shape index (κ2) is 26.6. The predicted octanol–water partition coefficient (Wildman–Crippen LogP) is -3.76. The lowest BCUT2D eigenvalue weighted by Crippen LogP contribution is -2.60. The lowest BCUT2D eigenvalue weighted by molar-refractivity contribution is -0.145. The average molecular weight is 890 g/mol. The van der Waals surface area contributed by atoms with Crippen molar-refractivity contribution in [3.05, 3.63) is 0 Å². The lowest BCUT2D eigenvalue weighted by Gasteiger charge is -2.30. The van der Waals surface area contributed by atoms with E-state index in [0.717, 1.165) is 0 Å². The zero-order valence-electron chi connectivity index (χ0n) is 34.2. The van der Waals surface area contributed by atoms with Crippen LogP contribution in [0.3, 0.4) is 0 Å². The first-order chi connectivity index (χ1) is 28.5. The molecule has 0 bridgehead atoms. The second-order valence-corrected chi connectivity index (χ2v) is 15.1. The number of nitrogens with zero attached hydrogens (tertiary/aromatic N) is 1. The average Bonchev–Trinajstić information content (AvgIpc) is 3.68. The first kappa shape index (κ1) is 53.5. The summed E-state index contributed by atoms with van der Waals surface area (Å²) in [6.07, 6.45) is -1.66. The van der Waals surface area contributed by atoms with E-state index < -0.39 is 152 Å². The zero-order valence-corrected chi connectivity index (χ0v) is 35.1. The van der Waals surface area contributed by atoms with Crippen LogP contribution in [0, 0.1) is 5.92 Å². The Morgan fingerprint density at radius 2 is 1.18 bits per heavy atom. The predicted molar refractivity (Wildman–Crippen MR) is 215 cm³/mol. The largest absolute Gasteiger partial charge is 0.481 e. The highest BCUT2D eigenvalue weighted by atomic mass is 32.1. The van der Waals surface area contributed by atoms with Crippen molar-refractivity contribution in [1.82, 2.24) is 36.8 Å². The van der Waals surface area contributed by atoms with Gasteiger partial charge in [-0.2, -0.15) is 12.6 Å². The first-order valence-electron chi connectivity index (χ1n) is 19.6. The quantitative estimate of drug-likeness (QED) is 0.0265. The van der Waals surface area contributed by atoms with Crippen molar-refractivity contribution in [2.75, 3.05) is 18.8 Å². The first-order valence-corrected chi connectivity index (χ1v) is 20.2. The number of rotatable bonds is 28. The van der Waals surface area contributed by atoms with Crippen LogP contribution in [-0.2, 0) is 52.7 Å². The van der Waals surface area contributed by atoms with Gasteiger partial charge in [-0.1, -0.05) is 13.8 Å². The third kappa shape index (κ3) is 18.7. The Labute approximate surface area is 356 Å². The normalized spacial score (nSPS) is 17.0. The van der Waals surface area contributed by atoms with Gasteiger partial charge < -0.3 is 68.7 Å². The maximum absolute atomic E-state index is 13.7. The van der Waals surface area contributed by atoms with Crippen molar-refractivity contribution < 1.29 is 73.2 Å². The van der Waals surface area contributed by atoms with Crippen LogP contribution in [0.1, 0.15) is 85.0 Å². The number of amides is 7. The SMILES string of the molecule is CC(C)[C@H](NC(=O)[C@H](CCC(=O)O)NC(=O)[C@H](CC(=O)O)NC(=O)[C@@H](N)CS)C(=O)N[C@@H](CCC(=O)O)C(=O)N[C@@H](C)C(=O)N1CCC[C@H]1C(=O)N[C@@H](CCCCN)C(=O)O. The minimum absolute atomic E-state index is 0.101. The lowest BCUT2D eigenvalue weighted by atomic mass is 10.0. The van der Waals surface area contributed by atoms with Crippen LogP contribution >= 0.6 is 12.6 Å². The Bertz CT molecular complexity index is 1620. The molecule has 1 aliphatic rings. The maximum atomic E-state index is 13.7. The van der Waals surface area contributed by atoms with Crippen LogP contribution in [-0.4, -0.2) is 158 Å². The van der Waals surface area contributed by atoms with Gasteiger partial charge in [0.05, 0.1) is 12.5 Å². The molecule has 0 radical (unpaired) electrons. The van der Waals surface area contributed by atoms with Gasteiger partial charge in [0.15, 0.2) is 0 Å². The van der Waals surface area contributed by atoms with E-state index in [9.17, 15) is 73.2 Å². The highest BCUT2D eigenvalue weighted by molar-refractivity contribution is 7.80. The number of aliphatic carboxylic acids is 4. The molecule has 0 aromatic rings. The molecular formula is C36H59N9O15S. The molecule has 7 amide bonds. The van der Waals surface area contributed by atoms with Crippen molar-refractivity contribution in [2.24, 2.45) is 17.4 Å². The number of carbonyl (C=O) groups is 11. The molecule has 25 heteroatoms. The van der Waals surface area contributed by atoms with E-state index in [4.69, 9.17) is 11.5 Å². The Hall–Kier alpha value is -5.56. The van der Waals surface area contributed by atoms with Crippen LogP contribution in [0.4, 0.5) is 0 Å². The number of hydrogen-bond acceptors (Lipinski definition) is 14. The number of thiol groups is 1. The number of hydrogen-bond donors (Lipinski definition) is 13. The van der Waals surface area contributed by atoms with Gasteiger partial charge in [0.1, 0.15) is 42.3 Å². The van der Waals surface area contributed by atoms with E-state index in [0.29, 0.717) is 25.8 Å². The summed E-state index contributed by atoms with van der Waals surface area (Å²) in [5.41, 5.74) is 11.1. The number of likely N-dealkylation sites (tertiary alicyclic amines) is 1. The van der Waals surface area contributed by atoms with E-state index in [-0.39, 0.29) is 25.1 Å².